The smallest absolute Gasteiger partial charge is 0.222 e. The molecule has 1 aromatic rings. The van der Waals surface area contributed by atoms with Crippen molar-refractivity contribution >= 4 is 5.91 Å². The SMILES string of the molecule is CCN1CCN(C(=O)CC[C@@H]2CCCOC2)C[C@H]1c1ncc[nH]1. The fraction of sp³-hybridized carbons (Fsp3) is 0.765. The molecule has 0 aliphatic carbocycles. The zero-order chi connectivity index (χ0) is 16.1. The predicted octanol–water partition coefficient (Wildman–Crippen LogP) is 1.82. The van der Waals surface area contributed by atoms with Gasteiger partial charge in [-0.1, -0.05) is 6.92 Å². The molecule has 23 heavy (non-hydrogen) atoms. The summed E-state index contributed by atoms with van der Waals surface area (Å²) in [4.78, 5) is 24.6. The van der Waals surface area contributed by atoms with Crippen molar-refractivity contribution in [3.63, 3.8) is 0 Å². The van der Waals surface area contributed by atoms with E-state index in [1.54, 1.807) is 6.20 Å². The lowest BCUT2D eigenvalue weighted by Crippen LogP contribution is -2.50. The Balaban J connectivity index is 1.54. The largest absolute Gasteiger partial charge is 0.381 e. The summed E-state index contributed by atoms with van der Waals surface area (Å²) in [6.07, 6.45) is 7.57. The minimum absolute atomic E-state index is 0.186. The van der Waals surface area contributed by atoms with Crippen LogP contribution in [0.2, 0.25) is 0 Å². The number of nitrogens with one attached hydrogen (secondary N) is 1. The molecule has 128 valence electrons. The first-order valence-corrected chi connectivity index (χ1v) is 8.86. The van der Waals surface area contributed by atoms with Crippen LogP contribution in [0.15, 0.2) is 12.4 Å². The van der Waals surface area contributed by atoms with Crippen molar-refractivity contribution in [1.29, 1.82) is 0 Å². The molecule has 0 radical (unpaired) electrons. The summed E-state index contributed by atoms with van der Waals surface area (Å²) in [5.41, 5.74) is 0. The highest BCUT2D eigenvalue weighted by Gasteiger charge is 2.31. The molecule has 1 amide bonds. The third-order valence-corrected chi connectivity index (χ3v) is 5.11. The summed E-state index contributed by atoms with van der Waals surface area (Å²) in [7, 11) is 0. The number of nitrogens with zero attached hydrogens (tertiary/aromatic N) is 3. The van der Waals surface area contributed by atoms with Gasteiger partial charge in [0.05, 0.1) is 6.04 Å². The highest BCUT2D eigenvalue weighted by Crippen LogP contribution is 2.24. The molecule has 2 atom stereocenters. The zero-order valence-corrected chi connectivity index (χ0v) is 14.0. The Morgan fingerprint density at radius 1 is 1.48 bits per heavy atom. The van der Waals surface area contributed by atoms with E-state index in [0.29, 0.717) is 12.3 Å². The standard InChI is InChI=1S/C17H28N4O2/c1-2-20-9-10-21(12-15(20)17-18-7-8-19-17)16(22)6-5-14-4-3-11-23-13-14/h7-8,14-15H,2-6,9-13H2,1H3,(H,18,19)/t14-,15-/m0/s1. The van der Waals surface area contributed by atoms with Gasteiger partial charge in [-0.2, -0.15) is 0 Å². The second-order valence-electron chi connectivity index (χ2n) is 6.58. The van der Waals surface area contributed by atoms with Crippen LogP contribution < -0.4 is 0 Å². The van der Waals surface area contributed by atoms with Crippen LogP contribution in [0.5, 0.6) is 0 Å². The molecule has 2 aliphatic rings. The molecule has 3 rings (SSSR count). The summed E-state index contributed by atoms with van der Waals surface area (Å²) < 4.78 is 5.51. The van der Waals surface area contributed by atoms with Crippen LogP contribution in [0.1, 0.15) is 44.5 Å². The maximum absolute atomic E-state index is 12.6. The van der Waals surface area contributed by atoms with Gasteiger partial charge in [0.15, 0.2) is 0 Å². The van der Waals surface area contributed by atoms with Gasteiger partial charge in [0.1, 0.15) is 5.82 Å². The van der Waals surface area contributed by atoms with Crippen molar-refractivity contribution in [2.45, 2.75) is 38.6 Å². The van der Waals surface area contributed by atoms with Crippen molar-refractivity contribution in [3.05, 3.63) is 18.2 Å². The number of aromatic nitrogens is 2. The number of ether oxygens (including phenoxy) is 1. The Morgan fingerprint density at radius 3 is 3.09 bits per heavy atom. The summed E-state index contributed by atoms with van der Waals surface area (Å²) in [6.45, 7) is 7.33. The minimum atomic E-state index is 0.186. The number of rotatable bonds is 5. The zero-order valence-electron chi connectivity index (χ0n) is 14.0. The second kappa shape index (κ2) is 7.93. The first kappa shape index (κ1) is 16.5. The van der Waals surface area contributed by atoms with E-state index in [9.17, 15) is 4.79 Å². The summed E-state index contributed by atoms with van der Waals surface area (Å²) in [5, 5.41) is 0. The van der Waals surface area contributed by atoms with Gasteiger partial charge in [-0.05, 0) is 31.7 Å². The van der Waals surface area contributed by atoms with E-state index in [-0.39, 0.29) is 11.9 Å². The third-order valence-electron chi connectivity index (χ3n) is 5.11. The number of carbonyl (C=O) groups is 1. The van der Waals surface area contributed by atoms with Gasteiger partial charge in [-0.3, -0.25) is 9.69 Å². The number of carbonyl (C=O) groups excluding carboxylic acids is 1. The number of amides is 1. The number of H-pyrrole nitrogens is 1. The highest BCUT2D eigenvalue weighted by molar-refractivity contribution is 5.76. The Kier molecular flexibility index (Phi) is 5.67. The summed E-state index contributed by atoms with van der Waals surface area (Å²) >= 11 is 0. The maximum atomic E-state index is 12.6. The quantitative estimate of drug-likeness (QED) is 0.899. The number of hydrogen-bond acceptors (Lipinski definition) is 4. The first-order chi connectivity index (χ1) is 11.3. The van der Waals surface area contributed by atoms with Crippen molar-refractivity contribution in [2.24, 2.45) is 5.92 Å². The molecule has 0 saturated carbocycles. The average Bonchev–Trinajstić information content (AvgIpc) is 3.14. The molecule has 2 saturated heterocycles. The molecule has 2 fully saturated rings. The molecular weight excluding hydrogens is 292 g/mol. The monoisotopic (exact) mass is 320 g/mol. The van der Waals surface area contributed by atoms with Crippen LogP contribution in [0.3, 0.4) is 0 Å². The molecule has 3 heterocycles. The molecule has 0 spiro atoms. The van der Waals surface area contributed by atoms with Crippen LogP contribution in [0.4, 0.5) is 0 Å². The van der Waals surface area contributed by atoms with Crippen LogP contribution in [-0.4, -0.2) is 65.1 Å². The van der Waals surface area contributed by atoms with Crippen molar-refractivity contribution < 1.29 is 9.53 Å². The van der Waals surface area contributed by atoms with Crippen molar-refractivity contribution in [1.82, 2.24) is 19.8 Å². The predicted molar refractivity (Wildman–Crippen MR) is 87.9 cm³/mol. The number of piperazine rings is 1. The molecule has 2 aliphatic heterocycles. The van der Waals surface area contributed by atoms with Gasteiger partial charge >= 0.3 is 0 Å². The maximum Gasteiger partial charge on any atom is 0.222 e. The van der Waals surface area contributed by atoms with E-state index < -0.39 is 0 Å². The van der Waals surface area contributed by atoms with E-state index in [4.69, 9.17) is 4.74 Å². The summed E-state index contributed by atoms with van der Waals surface area (Å²) in [6, 6.07) is 0.186. The molecule has 0 aromatic carbocycles. The van der Waals surface area contributed by atoms with Gasteiger partial charge in [0.2, 0.25) is 5.91 Å². The van der Waals surface area contributed by atoms with Crippen LogP contribution in [0.25, 0.3) is 0 Å². The van der Waals surface area contributed by atoms with Gasteiger partial charge < -0.3 is 14.6 Å². The normalized spacial score (nSPS) is 26.4. The van der Waals surface area contributed by atoms with Crippen LogP contribution >= 0.6 is 0 Å². The Hall–Kier alpha value is -1.40. The van der Waals surface area contributed by atoms with Gasteiger partial charge in [0, 0.05) is 51.7 Å². The van der Waals surface area contributed by atoms with Crippen LogP contribution in [-0.2, 0) is 9.53 Å². The molecular formula is C17H28N4O2. The van der Waals surface area contributed by atoms with Gasteiger partial charge in [-0.15, -0.1) is 0 Å². The fourth-order valence-electron chi connectivity index (χ4n) is 3.67. The second-order valence-corrected chi connectivity index (χ2v) is 6.58. The van der Waals surface area contributed by atoms with Crippen LogP contribution in [0, 0.1) is 5.92 Å². The third kappa shape index (κ3) is 4.12. The minimum Gasteiger partial charge on any atom is -0.381 e. The van der Waals surface area contributed by atoms with E-state index in [2.05, 4.69) is 21.8 Å². The lowest BCUT2D eigenvalue weighted by molar-refractivity contribution is -0.134. The molecule has 1 aromatic heterocycles. The average molecular weight is 320 g/mol. The summed E-state index contributed by atoms with van der Waals surface area (Å²) in [5.74, 6) is 1.80. The van der Waals surface area contributed by atoms with E-state index >= 15 is 0 Å². The molecule has 6 heteroatoms. The molecule has 0 unspecified atom stereocenters. The Morgan fingerprint density at radius 2 is 2.39 bits per heavy atom. The van der Waals surface area contributed by atoms with Crippen molar-refractivity contribution in [3.8, 4) is 0 Å². The molecule has 0 bridgehead atoms. The highest BCUT2D eigenvalue weighted by atomic mass is 16.5. The number of hydrogen-bond donors (Lipinski definition) is 1. The van der Waals surface area contributed by atoms with E-state index in [1.165, 1.54) is 6.42 Å². The number of likely N-dealkylation sites (N-methyl/N-ethyl adjacent to an activating group) is 1. The number of aromatic amines is 1. The Bertz CT molecular complexity index is 485. The topological polar surface area (TPSA) is 61.5 Å². The van der Waals surface area contributed by atoms with Gasteiger partial charge in [0.25, 0.3) is 0 Å². The number of imidazole rings is 1. The van der Waals surface area contributed by atoms with Crippen molar-refractivity contribution in [2.75, 3.05) is 39.4 Å². The van der Waals surface area contributed by atoms with E-state index in [0.717, 1.165) is 58.1 Å². The Labute approximate surface area is 138 Å². The van der Waals surface area contributed by atoms with E-state index in [1.807, 2.05) is 11.1 Å². The molecule has 1 N–H and O–H groups in total. The fourth-order valence-corrected chi connectivity index (χ4v) is 3.67. The molecule has 6 nitrogen and oxygen atoms in total. The first-order valence-electron chi connectivity index (χ1n) is 8.86. The lowest BCUT2D eigenvalue weighted by Gasteiger charge is -2.40. The lowest BCUT2D eigenvalue weighted by atomic mass is 9.96. The van der Waals surface area contributed by atoms with Gasteiger partial charge in [-0.25, -0.2) is 4.98 Å².